The average molecular weight is 439 g/mol. The minimum Gasteiger partial charge on any atom is -0.391 e. The van der Waals surface area contributed by atoms with E-state index in [4.69, 9.17) is 12.9 Å². The molecule has 1 aromatic heterocycles. The van der Waals surface area contributed by atoms with Crippen molar-refractivity contribution in [2.24, 2.45) is 0 Å². The third kappa shape index (κ3) is 7.13. The van der Waals surface area contributed by atoms with Crippen LogP contribution < -0.4 is 4.52 Å². The van der Waals surface area contributed by atoms with Crippen LogP contribution in [0.3, 0.4) is 0 Å². The first-order valence-corrected chi connectivity index (χ1v) is 13.6. The molecular weight excluding hydrogens is 419 g/mol. The fourth-order valence-electron chi connectivity index (χ4n) is 1.70. The van der Waals surface area contributed by atoms with Gasteiger partial charge in [-0.2, -0.15) is 4.98 Å². The Morgan fingerprint density at radius 1 is 1.24 bits per heavy atom. The zero-order chi connectivity index (χ0) is 18.1. The van der Waals surface area contributed by atoms with E-state index >= 15 is 0 Å². The average Bonchev–Trinajstić information content (AvgIpc) is 3.12. The van der Waals surface area contributed by atoms with Gasteiger partial charge in [-0.1, -0.05) is 12.1 Å². The number of nitrogens with zero attached hydrogens (tertiary/aromatic N) is 2. The fourth-order valence-corrected chi connectivity index (χ4v) is 6.97. The molecule has 0 aliphatic carbocycles. The van der Waals surface area contributed by atoms with E-state index in [1.165, 1.54) is 27.3 Å². The molecule has 1 aromatic carbocycles. The Kier molecular flexibility index (Phi) is 9.12. The number of hydrogen-bond donors (Lipinski definition) is 0. The first kappa shape index (κ1) is 21.1. The van der Waals surface area contributed by atoms with Crippen molar-refractivity contribution in [3.63, 3.8) is 0 Å². The third-order valence-corrected chi connectivity index (χ3v) is 9.10. The van der Waals surface area contributed by atoms with Crippen LogP contribution in [0.4, 0.5) is 0 Å². The van der Waals surface area contributed by atoms with Crippen LogP contribution in [-0.4, -0.2) is 22.6 Å². The highest BCUT2D eigenvalue weighted by Crippen LogP contribution is 2.69. The van der Waals surface area contributed by atoms with Crippen molar-refractivity contribution in [2.75, 3.05) is 13.2 Å². The molecule has 6 nitrogen and oxygen atoms in total. The van der Waals surface area contributed by atoms with E-state index in [0.29, 0.717) is 13.2 Å². The highest BCUT2D eigenvalue weighted by Gasteiger charge is 2.31. The van der Waals surface area contributed by atoms with Gasteiger partial charge in [0.2, 0.25) is 0 Å². The van der Waals surface area contributed by atoms with Gasteiger partial charge in [-0.15, -0.1) is 16.1 Å². The van der Waals surface area contributed by atoms with E-state index in [1.807, 2.05) is 11.8 Å². The Labute approximate surface area is 164 Å². The van der Waals surface area contributed by atoms with Gasteiger partial charge in [0.25, 0.3) is 0 Å². The minimum atomic E-state index is -3.17. The first-order chi connectivity index (χ1) is 12.1. The lowest BCUT2D eigenvalue weighted by molar-refractivity contribution is 0.396. The molecule has 2 aliphatic rings. The molecule has 2 bridgehead atoms. The van der Waals surface area contributed by atoms with Crippen LogP contribution in [0.1, 0.15) is 25.0 Å². The fraction of sp³-hybridized carbons (Fsp3) is 0.429. The van der Waals surface area contributed by atoms with E-state index in [9.17, 15) is 4.57 Å². The maximum Gasteiger partial charge on any atom is 0.414 e. The normalized spacial score (nSPS) is 12.6. The lowest BCUT2D eigenvalue weighted by Crippen LogP contribution is -1.91. The third-order valence-electron chi connectivity index (χ3n) is 2.69. The van der Waals surface area contributed by atoms with Gasteiger partial charge in [0.1, 0.15) is 28.8 Å². The minimum absolute atomic E-state index is 0.0766. The van der Waals surface area contributed by atoms with Crippen molar-refractivity contribution in [2.45, 2.75) is 31.4 Å². The summed E-state index contributed by atoms with van der Waals surface area (Å²) in [6, 6.07) is 6.76. The zero-order valence-corrected chi connectivity index (χ0v) is 18.2. The van der Waals surface area contributed by atoms with Gasteiger partial charge in [-0.3, -0.25) is 0 Å². The Hall–Kier alpha value is -0.220. The Balaban J connectivity index is 0.000000208. The number of fused-ring (bicyclic) bond motifs is 3. The summed E-state index contributed by atoms with van der Waals surface area (Å²) in [6.07, 6.45) is 0. The van der Waals surface area contributed by atoms with E-state index < -0.39 is 5.77 Å². The molecule has 3 heterocycles. The van der Waals surface area contributed by atoms with E-state index in [0.717, 1.165) is 34.9 Å². The van der Waals surface area contributed by atoms with Crippen LogP contribution in [0.5, 0.6) is 6.01 Å². The van der Waals surface area contributed by atoms with Crippen LogP contribution in [0, 0.1) is 6.92 Å². The molecule has 0 radical (unpaired) electrons. The van der Waals surface area contributed by atoms with Gasteiger partial charge in [0.05, 0.1) is 13.2 Å². The topological polar surface area (TPSA) is 70.5 Å². The van der Waals surface area contributed by atoms with Crippen molar-refractivity contribution >= 4 is 52.4 Å². The molecule has 11 heteroatoms. The van der Waals surface area contributed by atoms with Gasteiger partial charge in [-0.25, -0.2) is 4.57 Å². The van der Waals surface area contributed by atoms with Crippen molar-refractivity contribution in [1.29, 1.82) is 0 Å². The molecule has 4 rings (SSSR count). The summed E-state index contributed by atoms with van der Waals surface area (Å²) in [6.45, 7) is 6.61. The summed E-state index contributed by atoms with van der Waals surface area (Å²) in [4.78, 5) is 5.24. The van der Waals surface area contributed by atoms with Crippen molar-refractivity contribution in [3.8, 4) is 6.01 Å². The van der Waals surface area contributed by atoms with Gasteiger partial charge < -0.3 is 12.9 Å². The molecule has 0 amide bonds. The molecule has 25 heavy (non-hydrogen) atoms. The monoisotopic (exact) mass is 438 g/mol. The van der Waals surface area contributed by atoms with Gasteiger partial charge in [-0.05, 0) is 49.5 Å². The summed E-state index contributed by atoms with van der Waals surface area (Å²) in [5.74, 6) is -1.99. The SMILES string of the molecule is CCOSP(=O)(Oc1ncsn1)SOCC.Cc1cc2ccc1SC2. The molecule has 2 aromatic rings. The Morgan fingerprint density at radius 2 is 1.96 bits per heavy atom. The number of rotatable bonds is 8. The number of aromatic nitrogens is 2. The number of benzene rings is 1. The van der Waals surface area contributed by atoms with Crippen LogP contribution >= 0.6 is 52.4 Å². The molecule has 0 saturated heterocycles. The highest BCUT2D eigenvalue weighted by atomic mass is 33.1. The van der Waals surface area contributed by atoms with Crippen LogP contribution in [0.2, 0.25) is 0 Å². The summed E-state index contributed by atoms with van der Waals surface area (Å²) < 4.78 is 31.2. The molecule has 2 aliphatic heterocycles. The molecule has 0 spiro atoms. The van der Waals surface area contributed by atoms with Crippen molar-refractivity contribution in [3.05, 3.63) is 34.8 Å². The molecular formula is C14H19N2O4PS4. The smallest absolute Gasteiger partial charge is 0.391 e. The quantitative estimate of drug-likeness (QED) is 0.365. The van der Waals surface area contributed by atoms with E-state index in [1.54, 1.807) is 13.8 Å². The van der Waals surface area contributed by atoms with Crippen LogP contribution in [0.15, 0.2) is 28.6 Å². The summed E-state index contributed by atoms with van der Waals surface area (Å²) in [7, 11) is 0. The molecule has 0 N–H and O–H groups in total. The van der Waals surface area contributed by atoms with E-state index in [-0.39, 0.29) is 6.01 Å². The lowest BCUT2D eigenvalue weighted by atomic mass is 10.1. The number of thioether (sulfide) groups is 1. The Morgan fingerprint density at radius 3 is 2.32 bits per heavy atom. The maximum absolute atomic E-state index is 12.2. The van der Waals surface area contributed by atoms with Crippen molar-refractivity contribution < 1.29 is 17.5 Å². The van der Waals surface area contributed by atoms with Crippen LogP contribution in [-0.2, 0) is 18.7 Å². The molecule has 0 unspecified atom stereocenters. The molecule has 0 atom stereocenters. The second-order valence-electron chi connectivity index (χ2n) is 4.60. The molecule has 0 fully saturated rings. The standard InChI is InChI=1S/C8H8S.C6H11N2O4PS3/c1-6-4-7-2-3-8(6)9-5-7;1-3-10-15-13(9,16-11-4-2)12-6-7-5-14-8-6/h2-4H,5H2,1H3;5H,3-4H2,1-2H3. The Bertz CT molecular complexity index is 690. The predicted octanol–water partition coefficient (Wildman–Crippen LogP) is 6.00. The molecule has 0 saturated carbocycles. The van der Waals surface area contributed by atoms with Crippen molar-refractivity contribution in [1.82, 2.24) is 9.36 Å². The van der Waals surface area contributed by atoms with E-state index in [2.05, 4.69) is 34.5 Å². The summed E-state index contributed by atoms with van der Waals surface area (Å²) in [5, 5.41) is 0. The maximum atomic E-state index is 12.2. The summed E-state index contributed by atoms with van der Waals surface area (Å²) >= 11 is 4.58. The first-order valence-electron chi connectivity index (χ1n) is 7.47. The lowest BCUT2D eigenvalue weighted by Gasteiger charge is -2.13. The second-order valence-corrected chi connectivity index (χ2v) is 12.5. The van der Waals surface area contributed by atoms with Crippen LogP contribution in [0.25, 0.3) is 0 Å². The zero-order valence-electron chi connectivity index (χ0n) is 14.0. The van der Waals surface area contributed by atoms with Gasteiger partial charge in [0, 0.05) is 10.6 Å². The predicted molar refractivity (Wildman–Crippen MR) is 107 cm³/mol. The second kappa shape index (κ2) is 10.8. The number of aryl methyl sites for hydroxylation is 1. The molecule has 138 valence electrons. The summed E-state index contributed by atoms with van der Waals surface area (Å²) in [5.41, 5.74) is 4.40. The van der Waals surface area contributed by atoms with Gasteiger partial charge in [0.15, 0.2) is 0 Å². The largest absolute Gasteiger partial charge is 0.414 e. The van der Waals surface area contributed by atoms with Gasteiger partial charge >= 0.3 is 11.8 Å². The number of hydrogen-bond acceptors (Lipinski definition) is 10. The highest BCUT2D eigenvalue weighted by molar-refractivity contribution is 8.87.